The molecule has 1 amide bonds. The molecule has 7 heteroatoms. The molecule has 0 saturated carbocycles. The minimum Gasteiger partial charge on any atom is -0.466 e. The largest absolute Gasteiger partial charge is 0.466 e. The van der Waals surface area contributed by atoms with Gasteiger partial charge < -0.3 is 9.64 Å². The lowest BCUT2D eigenvalue weighted by Crippen LogP contribution is -2.49. The molecule has 6 nitrogen and oxygen atoms in total. The molecule has 1 aliphatic rings. The zero-order chi connectivity index (χ0) is 16.7. The number of amides is 1. The van der Waals surface area contributed by atoms with Crippen LogP contribution in [0.25, 0.3) is 0 Å². The van der Waals surface area contributed by atoms with E-state index in [1.165, 1.54) is 11.3 Å². The maximum atomic E-state index is 12.1. The molecule has 2 rings (SSSR count). The molecule has 1 aromatic rings. The van der Waals surface area contributed by atoms with Crippen LogP contribution in [0.15, 0.2) is 17.5 Å². The van der Waals surface area contributed by atoms with E-state index in [1.54, 1.807) is 11.8 Å². The van der Waals surface area contributed by atoms with Crippen molar-refractivity contribution in [2.24, 2.45) is 0 Å². The first-order chi connectivity index (χ1) is 11.1. The maximum absolute atomic E-state index is 12.1. The average molecular weight is 338 g/mol. The molecule has 0 aliphatic carbocycles. The minimum atomic E-state index is -0.332. The van der Waals surface area contributed by atoms with E-state index >= 15 is 0 Å². The molecule has 2 heterocycles. The highest BCUT2D eigenvalue weighted by Crippen LogP contribution is 2.12. The summed E-state index contributed by atoms with van der Waals surface area (Å²) in [5.74, 6) is -0.231. The van der Waals surface area contributed by atoms with Gasteiger partial charge in [-0.25, -0.2) is 0 Å². The highest BCUT2D eigenvalue weighted by Gasteiger charge is 2.23. The van der Waals surface area contributed by atoms with Crippen molar-refractivity contribution in [2.75, 3.05) is 39.3 Å². The zero-order valence-electron chi connectivity index (χ0n) is 13.3. The van der Waals surface area contributed by atoms with Crippen molar-refractivity contribution in [3.05, 3.63) is 22.4 Å². The summed E-state index contributed by atoms with van der Waals surface area (Å²) in [6, 6.07) is 3.71. The van der Waals surface area contributed by atoms with E-state index in [0.717, 1.165) is 4.88 Å². The van der Waals surface area contributed by atoms with Gasteiger partial charge in [-0.3, -0.25) is 19.3 Å². The summed E-state index contributed by atoms with van der Waals surface area (Å²) in [7, 11) is 0. The number of nitrogens with zero attached hydrogens (tertiary/aromatic N) is 2. The van der Waals surface area contributed by atoms with E-state index in [0.29, 0.717) is 39.3 Å². The Balaban J connectivity index is 1.70. The smallest absolute Gasteiger partial charge is 0.306 e. The second kappa shape index (κ2) is 8.79. The van der Waals surface area contributed by atoms with Crippen LogP contribution in [0.1, 0.15) is 29.4 Å². The molecule has 23 heavy (non-hydrogen) atoms. The van der Waals surface area contributed by atoms with E-state index in [4.69, 9.17) is 4.74 Å². The molecule has 1 aliphatic heterocycles. The number of ketones is 1. The topological polar surface area (TPSA) is 66.9 Å². The third-order valence-electron chi connectivity index (χ3n) is 3.74. The molecule has 0 N–H and O–H groups in total. The molecule has 1 saturated heterocycles. The number of esters is 1. The summed E-state index contributed by atoms with van der Waals surface area (Å²) in [5.41, 5.74) is 0. The molecule has 0 aromatic carbocycles. The first-order valence-corrected chi connectivity index (χ1v) is 8.70. The Morgan fingerprint density at radius 3 is 2.52 bits per heavy atom. The number of carbonyl (C=O) groups is 3. The van der Waals surface area contributed by atoms with Crippen LogP contribution in [0.4, 0.5) is 0 Å². The van der Waals surface area contributed by atoms with Crippen LogP contribution in [0.5, 0.6) is 0 Å². The Bertz CT molecular complexity index is 536. The van der Waals surface area contributed by atoms with Crippen LogP contribution < -0.4 is 0 Å². The zero-order valence-corrected chi connectivity index (χ0v) is 14.1. The van der Waals surface area contributed by atoms with Crippen LogP contribution in [-0.2, 0) is 14.3 Å². The van der Waals surface area contributed by atoms with Gasteiger partial charge in [0.25, 0.3) is 0 Å². The van der Waals surface area contributed by atoms with Gasteiger partial charge in [0.2, 0.25) is 5.91 Å². The first-order valence-electron chi connectivity index (χ1n) is 7.82. The predicted molar refractivity (Wildman–Crippen MR) is 87.5 cm³/mol. The monoisotopic (exact) mass is 338 g/mol. The van der Waals surface area contributed by atoms with Crippen molar-refractivity contribution in [2.45, 2.75) is 19.8 Å². The Hall–Kier alpha value is -1.73. The van der Waals surface area contributed by atoms with E-state index in [-0.39, 0.29) is 30.5 Å². The molecule has 0 bridgehead atoms. The van der Waals surface area contributed by atoms with Crippen LogP contribution in [0.2, 0.25) is 0 Å². The standard InChI is InChI=1S/C16H22N2O4S/c1-2-22-16(21)6-5-15(20)18-9-7-17(8-10-18)12-13(19)14-4-3-11-23-14/h3-4,11H,2,5-10,12H2,1H3. The molecule has 1 fully saturated rings. The van der Waals surface area contributed by atoms with Gasteiger partial charge in [0.1, 0.15) is 0 Å². The molecular weight excluding hydrogens is 316 g/mol. The Labute approximate surface area is 140 Å². The lowest BCUT2D eigenvalue weighted by Gasteiger charge is -2.34. The van der Waals surface area contributed by atoms with Crippen LogP contribution in [-0.4, -0.2) is 66.8 Å². The minimum absolute atomic E-state index is 0.0257. The fourth-order valence-corrected chi connectivity index (χ4v) is 3.13. The Kier molecular flexibility index (Phi) is 6.73. The number of carbonyl (C=O) groups excluding carboxylic acids is 3. The summed E-state index contributed by atoms with van der Waals surface area (Å²) in [5, 5.41) is 1.90. The number of hydrogen-bond acceptors (Lipinski definition) is 6. The molecule has 126 valence electrons. The lowest BCUT2D eigenvalue weighted by atomic mass is 10.2. The number of piperazine rings is 1. The van der Waals surface area contributed by atoms with Crippen molar-refractivity contribution in [1.82, 2.24) is 9.80 Å². The van der Waals surface area contributed by atoms with E-state index in [1.807, 2.05) is 17.5 Å². The average Bonchev–Trinajstić information content (AvgIpc) is 3.08. The second-order valence-electron chi connectivity index (χ2n) is 5.36. The van der Waals surface area contributed by atoms with Gasteiger partial charge in [0.05, 0.1) is 24.4 Å². The molecule has 0 atom stereocenters. The van der Waals surface area contributed by atoms with Crippen LogP contribution in [0.3, 0.4) is 0 Å². The molecule has 0 radical (unpaired) electrons. The summed E-state index contributed by atoms with van der Waals surface area (Å²) >= 11 is 1.45. The highest BCUT2D eigenvalue weighted by molar-refractivity contribution is 7.12. The number of ether oxygens (including phenoxy) is 1. The molecule has 0 spiro atoms. The molecule has 0 unspecified atom stereocenters. The fourth-order valence-electron chi connectivity index (χ4n) is 2.47. The van der Waals surface area contributed by atoms with Gasteiger partial charge in [0.15, 0.2) is 5.78 Å². The maximum Gasteiger partial charge on any atom is 0.306 e. The number of hydrogen-bond donors (Lipinski definition) is 0. The van der Waals surface area contributed by atoms with Crippen LogP contribution in [0, 0.1) is 0 Å². The quantitative estimate of drug-likeness (QED) is 0.556. The normalized spacial score (nSPS) is 15.4. The summed E-state index contributed by atoms with van der Waals surface area (Å²) < 4.78 is 4.82. The van der Waals surface area contributed by atoms with Gasteiger partial charge in [-0.15, -0.1) is 11.3 Å². The summed E-state index contributed by atoms with van der Waals surface area (Å²) in [4.78, 5) is 40.0. The summed E-state index contributed by atoms with van der Waals surface area (Å²) in [6.45, 7) is 5.04. The second-order valence-corrected chi connectivity index (χ2v) is 6.31. The summed E-state index contributed by atoms with van der Waals surface area (Å²) in [6.07, 6.45) is 0.316. The van der Waals surface area contributed by atoms with Crippen molar-refractivity contribution < 1.29 is 19.1 Å². The molecule has 1 aromatic heterocycles. The van der Waals surface area contributed by atoms with E-state index < -0.39 is 0 Å². The van der Waals surface area contributed by atoms with Gasteiger partial charge in [-0.05, 0) is 18.4 Å². The van der Waals surface area contributed by atoms with Gasteiger partial charge in [-0.1, -0.05) is 6.07 Å². The Morgan fingerprint density at radius 1 is 1.17 bits per heavy atom. The number of rotatable bonds is 7. The SMILES string of the molecule is CCOC(=O)CCC(=O)N1CCN(CC(=O)c2cccs2)CC1. The van der Waals surface area contributed by atoms with E-state index in [9.17, 15) is 14.4 Å². The van der Waals surface area contributed by atoms with Crippen molar-refractivity contribution in [3.63, 3.8) is 0 Å². The number of thiophene rings is 1. The van der Waals surface area contributed by atoms with E-state index in [2.05, 4.69) is 4.90 Å². The number of Topliss-reactive ketones (excluding diaryl/α,β-unsaturated/α-hetero) is 1. The third kappa shape index (κ3) is 5.44. The lowest BCUT2D eigenvalue weighted by molar-refractivity contribution is -0.146. The third-order valence-corrected chi connectivity index (χ3v) is 4.65. The van der Waals surface area contributed by atoms with Gasteiger partial charge in [0, 0.05) is 32.6 Å². The predicted octanol–water partition coefficient (Wildman–Crippen LogP) is 1.42. The van der Waals surface area contributed by atoms with Gasteiger partial charge in [-0.2, -0.15) is 0 Å². The van der Waals surface area contributed by atoms with Crippen LogP contribution >= 0.6 is 11.3 Å². The Morgan fingerprint density at radius 2 is 1.91 bits per heavy atom. The fraction of sp³-hybridized carbons (Fsp3) is 0.562. The van der Waals surface area contributed by atoms with Crippen molar-refractivity contribution >= 4 is 29.0 Å². The highest BCUT2D eigenvalue weighted by atomic mass is 32.1. The first kappa shape index (κ1) is 17.6. The van der Waals surface area contributed by atoms with Crippen molar-refractivity contribution in [1.29, 1.82) is 0 Å². The van der Waals surface area contributed by atoms with Crippen molar-refractivity contribution in [3.8, 4) is 0 Å². The van der Waals surface area contributed by atoms with Gasteiger partial charge >= 0.3 is 5.97 Å². The molecular formula is C16H22N2O4S.